The SMILES string of the molecule is CC(C)CC1CN(C2CCN3CCCCC23)C(C)CN1. The van der Waals surface area contributed by atoms with Gasteiger partial charge in [-0.1, -0.05) is 20.3 Å². The fourth-order valence-corrected chi connectivity index (χ4v) is 4.75. The van der Waals surface area contributed by atoms with Crippen LogP contribution in [0.5, 0.6) is 0 Å². The van der Waals surface area contributed by atoms with Gasteiger partial charge in [-0.15, -0.1) is 0 Å². The molecular formula is C17H33N3. The predicted octanol–water partition coefficient (Wildman–Crippen LogP) is 2.32. The first-order valence-corrected chi connectivity index (χ1v) is 8.88. The molecule has 4 unspecified atom stereocenters. The average Bonchev–Trinajstić information content (AvgIpc) is 2.84. The lowest BCUT2D eigenvalue weighted by Gasteiger charge is -2.46. The van der Waals surface area contributed by atoms with Gasteiger partial charge < -0.3 is 5.32 Å². The fraction of sp³-hybridized carbons (Fsp3) is 1.00. The van der Waals surface area contributed by atoms with Crippen LogP contribution in [0.25, 0.3) is 0 Å². The number of nitrogens with zero attached hydrogens (tertiary/aromatic N) is 2. The van der Waals surface area contributed by atoms with Crippen molar-refractivity contribution in [1.82, 2.24) is 15.1 Å². The molecule has 3 aliphatic rings. The monoisotopic (exact) mass is 279 g/mol. The number of fused-ring (bicyclic) bond motifs is 1. The Balaban J connectivity index is 1.64. The lowest BCUT2D eigenvalue weighted by molar-refractivity contribution is 0.0522. The number of rotatable bonds is 3. The third-order valence-corrected chi connectivity index (χ3v) is 5.70. The average molecular weight is 279 g/mol. The van der Waals surface area contributed by atoms with Crippen molar-refractivity contribution in [3.63, 3.8) is 0 Å². The van der Waals surface area contributed by atoms with Crippen LogP contribution >= 0.6 is 0 Å². The van der Waals surface area contributed by atoms with Crippen molar-refractivity contribution in [2.75, 3.05) is 26.2 Å². The van der Waals surface area contributed by atoms with E-state index in [1.54, 1.807) is 0 Å². The Morgan fingerprint density at radius 1 is 1.10 bits per heavy atom. The summed E-state index contributed by atoms with van der Waals surface area (Å²) < 4.78 is 0. The van der Waals surface area contributed by atoms with Crippen LogP contribution < -0.4 is 5.32 Å². The number of hydrogen-bond acceptors (Lipinski definition) is 3. The van der Waals surface area contributed by atoms with Crippen molar-refractivity contribution < 1.29 is 0 Å². The highest BCUT2D eigenvalue weighted by Gasteiger charge is 2.41. The highest BCUT2D eigenvalue weighted by molar-refractivity contribution is 4.99. The Bertz CT molecular complexity index is 317. The van der Waals surface area contributed by atoms with Gasteiger partial charge in [-0.2, -0.15) is 0 Å². The lowest BCUT2D eigenvalue weighted by atomic mass is 9.93. The van der Waals surface area contributed by atoms with E-state index in [1.165, 1.54) is 58.3 Å². The molecule has 3 nitrogen and oxygen atoms in total. The summed E-state index contributed by atoms with van der Waals surface area (Å²) in [5.41, 5.74) is 0. The Labute approximate surface area is 125 Å². The zero-order valence-corrected chi connectivity index (χ0v) is 13.6. The van der Waals surface area contributed by atoms with Crippen LogP contribution in [0.1, 0.15) is 52.9 Å². The van der Waals surface area contributed by atoms with Crippen LogP contribution in [0, 0.1) is 5.92 Å². The van der Waals surface area contributed by atoms with Crippen LogP contribution in [-0.2, 0) is 0 Å². The minimum Gasteiger partial charge on any atom is -0.311 e. The third kappa shape index (κ3) is 3.05. The summed E-state index contributed by atoms with van der Waals surface area (Å²) in [6, 6.07) is 3.13. The van der Waals surface area contributed by atoms with Gasteiger partial charge in [0.15, 0.2) is 0 Å². The van der Waals surface area contributed by atoms with E-state index in [-0.39, 0.29) is 0 Å². The molecule has 0 saturated carbocycles. The molecule has 0 aliphatic carbocycles. The number of piperazine rings is 1. The summed E-state index contributed by atoms with van der Waals surface area (Å²) in [6.07, 6.45) is 7.05. The van der Waals surface area contributed by atoms with Crippen LogP contribution in [0.2, 0.25) is 0 Å². The zero-order valence-electron chi connectivity index (χ0n) is 13.6. The van der Waals surface area contributed by atoms with Crippen molar-refractivity contribution in [2.45, 2.75) is 77.0 Å². The summed E-state index contributed by atoms with van der Waals surface area (Å²) in [6.45, 7) is 12.3. The molecule has 3 aliphatic heterocycles. The lowest BCUT2D eigenvalue weighted by Crippen LogP contribution is -2.61. The Morgan fingerprint density at radius 2 is 1.95 bits per heavy atom. The van der Waals surface area contributed by atoms with E-state index in [0.717, 1.165) is 18.0 Å². The van der Waals surface area contributed by atoms with Gasteiger partial charge in [0.2, 0.25) is 0 Å². The number of nitrogens with one attached hydrogen (secondary N) is 1. The molecule has 0 amide bonds. The summed E-state index contributed by atoms with van der Waals surface area (Å²) in [5.74, 6) is 0.803. The molecule has 4 atom stereocenters. The number of piperidine rings is 1. The van der Waals surface area contributed by atoms with Crippen molar-refractivity contribution >= 4 is 0 Å². The first-order valence-electron chi connectivity index (χ1n) is 8.88. The largest absolute Gasteiger partial charge is 0.311 e. The van der Waals surface area contributed by atoms with Gasteiger partial charge in [0.25, 0.3) is 0 Å². The molecule has 3 rings (SSSR count). The molecule has 3 heteroatoms. The maximum atomic E-state index is 3.77. The molecule has 0 spiro atoms. The smallest absolute Gasteiger partial charge is 0.0267 e. The maximum absolute atomic E-state index is 3.77. The summed E-state index contributed by atoms with van der Waals surface area (Å²) in [4.78, 5) is 5.64. The molecular weight excluding hydrogens is 246 g/mol. The first kappa shape index (κ1) is 14.8. The van der Waals surface area contributed by atoms with E-state index in [0.29, 0.717) is 12.1 Å². The van der Waals surface area contributed by atoms with Gasteiger partial charge in [-0.3, -0.25) is 9.80 Å². The minimum absolute atomic E-state index is 0.712. The van der Waals surface area contributed by atoms with E-state index in [1.807, 2.05) is 0 Å². The molecule has 20 heavy (non-hydrogen) atoms. The van der Waals surface area contributed by atoms with Gasteiger partial charge in [0, 0.05) is 43.8 Å². The van der Waals surface area contributed by atoms with E-state index < -0.39 is 0 Å². The summed E-state index contributed by atoms with van der Waals surface area (Å²) >= 11 is 0. The minimum atomic E-state index is 0.712. The molecule has 0 aromatic rings. The van der Waals surface area contributed by atoms with Crippen LogP contribution in [0.4, 0.5) is 0 Å². The third-order valence-electron chi connectivity index (χ3n) is 5.70. The summed E-state index contributed by atoms with van der Waals surface area (Å²) in [5, 5.41) is 3.77. The van der Waals surface area contributed by atoms with E-state index >= 15 is 0 Å². The van der Waals surface area contributed by atoms with Crippen molar-refractivity contribution in [3.8, 4) is 0 Å². The highest BCUT2D eigenvalue weighted by Crippen LogP contribution is 2.32. The first-order chi connectivity index (χ1) is 9.65. The summed E-state index contributed by atoms with van der Waals surface area (Å²) in [7, 11) is 0. The van der Waals surface area contributed by atoms with Gasteiger partial charge in [-0.25, -0.2) is 0 Å². The molecule has 0 aromatic heterocycles. The normalized spacial score (nSPS) is 40.2. The van der Waals surface area contributed by atoms with E-state index in [2.05, 4.69) is 35.9 Å². The van der Waals surface area contributed by atoms with Crippen LogP contribution in [0.3, 0.4) is 0 Å². The quantitative estimate of drug-likeness (QED) is 0.855. The zero-order chi connectivity index (χ0) is 14.1. The van der Waals surface area contributed by atoms with Gasteiger partial charge >= 0.3 is 0 Å². The van der Waals surface area contributed by atoms with Crippen LogP contribution in [0.15, 0.2) is 0 Å². The molecule has 116 valence electrons. The van der Waals surface area contributed by atoms with E-state index in [9.17, 15) is 0 Å². The maximum Gasteiger partial charge on any atom is 0.0267 e. The Hall–Kier alpha value is -0.120. The Kier molecular flexibility index (Phi) is 4.68. The molecule has 0 bridgehead atoms. The van der Waals surface area contributed by atoms with Gasteiger partial charge in [0.1, 0.15) is 0 Å². The fourth-order valence-electron chi connectivity index (χ4n) is 4.75. The Morgan fingerprint density at radius 3 is 2.75 bits per heavy atom. The van der Waals surface area contributed by atoms with Gasteiger partial charge in [-0.05, 0) is 45.1 Å². The van der Waals surface area contributed by atoms with E-state index in [4.69, 9.17) is 0 Å². The second-order valence-corrected chi connectivity index (χ2v) is 7.74. The number of hydrogen-bond donors (Lipinski definition) is 1. The molecule has 0 radical (unpaired) electrons. The second kappa shape index (κ2) is 6.33. The van der Waals surface area contributed by atoms with Crippen LogP contribution in [-0.4, -0.2) is 60.1 Å². The predicted molar refractivity (Wildman–Crippen MR) is 85.0 cm³/mol. The standard InChI is InChI=1S/C17H33N3/c1-13(2)10-15-12-20(14(3)11-18-15)17-7-9-19-8-5-4-6-16(17)19/h13-18H,4-12H2,1-3H3. The van der Waals surface area contributed by atoms with Crippen molar-refractivity contribution in [2.24, 2.45) is 5.92 Å². The molecule has 3 heterocycles. The highest BCUT2D eigenvalue weighted by atomic mass is 15.3. The molecule has 0 aromatic carbocycles. The molecule has 3 saturated heterocycles. The molecule has 3 fully saturated rings. The van der Waals surface area contributed by atoms with Crippen molar-refractivity contribution in [1.29, 1.82) is 0 Å². The van der Waals surface area contributed by atoms with Gasteiger partial charge in [0.05, 0.1) is 0 Å². The van der Waals surface area contributed by atoms with Crippen molar-refractivity contribution in [3.05, 3.63) is 0 Å². The molecule has 1 N–H and O–H groups in total. The topological polar surface area (TPSA) is 18.5 Å². The second-order valence-electron chi connectivity index (χ2n) is 7.74.